The van der Waals surface area contributed by atoms with E-state index < -0.39 is 29.6 Å². The summed E-state index contributed by atoms with van der Waals surface area (Å²) in [6.45, 7) is 0.536. The molecule has 0 spiro atoms. The van der Waals surface area contributed by atoms with Gasteiger partial charge in [0.05, 0.1) is 17.2 Å². The molecule has 1 atom stereocenters. The summed E-state index contributed by atoms with van der Waals surface area (Å²) in [5, 5.41) is 11.4. The number of urea groups is 1. The van der Waals surface area contributed by atoms with Crippen molar-refractivity contribution in [2.24, 2.45) is 11.7 Å². The van der Waals surface area contributed by atoms with Crippen LogP contribution in [0.4, 0.5) is 14.9 Å². The number of halogens is 1. The van der Waals surface area contributed by atoms with Crippen molar-refractivity contribution in [1.29, 1.82) is 0 Å². The van der Waals surface area contributed by atoms with Crippen LogP contribution in [0.3, 0.4) is 0 Å². The number of hydrogen-bond acceptors (Lipinski definition) is 3. The second-order valence-corrected chi connectivity index (χ2v) is 4.76. The molecule has 1 aromatic rings. The lowest BCUT2D eigenvalue weighted by molar-refractivity contribution is -0.121. The summed E-state index contributed by atoms with van der Waals surface area (Å²) in [4.78, 5) is 35.5. The number of anilines is 1. The fourth-order valence-electron chi connectivity index (χ4n) is 2.17. The Kier molecular flexibility index (Phi) is 4.06. The van der Waals surface area contributed by atoms with Crippen LogP contribution in [0.15, 0.2) is 18.2 Å². The van der Waals surface area contributed by atoms with Crippen LogP contribution in [0.25, 0.3) is 0 Å². The first-order chi connectivity index (χ1) is 9.88. The average Bonchev–Trinajstić information content (AvgIpc) is 2.90. The molecule has 8 heteroatoms. The Hall–Kier alpha value is -2.64. The van der Waals surface area contributed by atoms with Gasteiger partial charge in [0.25, 0.3) is 0 Å². The van der Waals surface area contributed by atoms with E-state index in [1.54, 1.807) is 0 Å². The molecule has 3 amide bonds. The van der Waals surface area contributed by atoms with Crippen molar-refractivity contribution in [2.45, 2.75) is 6.42 Å². The quantitative estimate of drug-likeness (QED) is 0.767. The van der Waals surface area contributed by atoms with Gasteiger partial charge in [-0.15, -0.1) is 0 Å². The van der Waals surface area contributed by atoms with Gasteiger partial charge in [-0.1, -0.05) is 0 Å². The number of carbonyl (C=O) groups excluding carboxylic acids is 2. The lowest BCUT2D eigenvalue weighted by atomic mass is 10.1. The molecule has 0 bridgehead atoms. The second-order valence-electron chi connectivity index (χ2n) is 4.76. The highest BCUT2D eigenvalue weighted by Crippen LogP contribution is 2.20. The Morgan fingerprint density at radius 3 is 2.67 bits per heavy atom. The molecule has 1 heterocycles. The molecule has 1 unspecified atom stereocenters. The highest BCUT2D eigenvalue weighted by atomic mass is 19.1. The van der Waals surface area contributed by atoms with Crippen LogP contribution in [0, 0.1) is 11.7 Å². The number of likely N-dealkylation sites (tertiary alicyclic amines) is 1. The predicted octanol–water partition coefficient (Wildman–Crippen LogP) is 0.863. The van der Waals surface area contributed by atoms with Crippen molar-refractivity contribution in [2.75, 3.05) is 18.4 Å². The number of benzene rings is 1. The molecular formula is C13H14FN3O4. The van der Waals surface area contributed by atoms with Gasteiger partial charge in [0.1, 0.15) is 5.82 Å². The van der Waals surface area contributed by atoms with Crippen LogP contribution in [0.2, 0.25) is 0 Å². The fraction of sp³-hybridized carbons (Fsp3) is 0.308. The summed E-state index contributed by atoms with van der Waals surface area (Å²) in [6, 6.07) is 2.51. The number of aromatic carboxylic acids is 1. The van der Waals surface area contributed by atoms with Crippen LogP contribution < -0.4 is 11.1 Å². The molecule has 0 saturated carbocycles. The molecule has 7 nitrogen and oxygen atoms in total. The Balaban J connectivity index is 2.10. The maximum atomic E-state index is 13.0. The molecule has 1 fully saturated rings. The lowest BCUT2D eigenvalue weighted by Gasteiger charge is -2.17. The van der Waals surface area contributed by atoms with Crippen LogP contribution in [-0.4, -0.2) is 41.0 Å². The third-order valence-corrected chi connectivity index (χ3v) is 3.33. The standard InChI is InChI=1S/C13H14FN3O4/c14-8-1-2-10(9(5-8)12(19)20)16-13(21)17-4-3-7(6-17)11(15)18/h1-2,5,7H,3-4,6H2,(H2,15,18)(H,16,21)(H,19,20). The molecule has 4 N–H and O–H groups in total. The predicted molar refractivity (Wildman–Crippen MR) is 71.3 cm³/mol. The minimum absolute atomic E-state index is 0.00331. The van der Waals surface area contributed by atoms with Crippen molar-refractivity contribution >= 4 is 23.6 Å². The smallest absolute Gasteiger partial charge is 0.337 e. The van der Waals surface area contributed by atoms with Crippen LogP contribution >= 0.6 is 0 Å². The van der Waals surface area contributed by atoms with Gasteiger partial charge in [0, 0.05) is 13.1 Å². The number of hydrogen-bond donors (Lipinski definition) is 3. The maximum Gasteiger partial charge on any atom is 0.337 e. The van der Waals surface area contributed by atoms with Crippen molar-refractivity contribution in [1.82, 2.24) is 4.90 Å². The van der Waals surface area contributed by atoms with Gasteiger partial charge in [-0.2, -0.15) is 0 Å². The fourth-order valence-corrected chi connectivity index (χ4v) is 2.17. The summed E-state index contributed by atoms with van der Waals surface area (Å²) >= 11 is 0. The number of carboxylic acid groups (broad SMARTS) is 1. The first kappa shape index (κ1) is 14.8. The van der Waals surface area contributed by atoms with Gasteiger partial charge in [-0.3, -0.25) is 4.79 Å². The summed E-state index contributed by atoms with van der Waals surface area (Å²) in [6.07, 6.45) is 0.470. The molecule has 0 aromatic heterocycles. The number of primary amides is 1. The van der Waals surface area contributed by atoms with E-state index in [9.17, 15) is 18.8 Å². The van der Waals surface area contributed by atoms with Crippen LogP contribution in [0.1, 0.15) is 16.8 Å². The summed E-state index contributed by atoms with van der Waals surface area (Å²) in [7, 11) is 0. The number of carbonyl (C=O) groups is 3. The largest absolute Gasteiger partial charge is 0.478 e. The van der Waals surface area contributed by atoms with Crippen molar-refractivity contribution in [3.63, 3.8) is 0 Å². The molecular weight excluding hydrogens is 281 g/mol. The highest BCUT2D eigenvalue weighted by Gasteiger charge is 2.30. The molecule has 21 heavy (non-hydrogen) atoms. The minimum Gasteiger partial charge on any atom is -0.478 e. The van der Waals surface area contributed by atoms with Crippen molar-refractivity contribution < 1.29 is 23.9 Å². The van der Waals surface area contributed by atoms with E-state index in [4.69, 9.17) is 10.8 Å². The number of rotatable bonds is 3. The van der Waals surface area contributed by atoms with Gasteiger partial charge >= 0.3 is 12.0 Å². The van der Waals surface area contributed by atoms with Crippen molar-refractivity contribution in [3.05, 3.63) is 29.6 Å². The van der Waals surface area contributed by atoms with Crippen molar-refractivity contribution in [3.8, 4) is 0 Å². The first-order valence-electron chi connectivity index (χ1n) is 6.26. The highest BCUT2D eigenvalue weighted by molar-refractivity contribution is 6.00. The molecule has 0 aliphatic carbocycles. The van der Waals surface area contributed by atoms with Gasteiger partial charge in [-0.05, 0) is 24.6 Å². The summed E-state index contributed by atoms with van der Waals surface area (Å²) in [5.41, 5.74) is 4.83. The molecule has 1 aliphatic heterocycles. The maximum absolute atomic E-state index is 13.0. The number of nitrogens with zero attached hydrogens (tertiary/aromatic N) is 1. The van der Waals surface area contributed by atoms with Gasteiger partial charge < -0.3 is 21.1 Å². The lowest BCUT2D eigenvalue weighted by Crippen LogP contribution is -2.35. The Morgan fingerprint density at radius 2 is 2.10 bits per heavy atom. The molecule has 1 aliphatic rings. The van der Waals surface area contributed by atoms with Gasteiger partial charge in [0.2, 0.25) is 5.91 Å². The van der Waals surface area contributed by atoms with E-state index in [0.29, 0.717) is 13.0 Å². The number of nitrogens with one attached hydrogen (secondary N) is 1. The average molecular weight is 295 g/mol. The molecule has 2 rings (SSSR count). The molecule has 1 saturated heterocycles. The number of nitrogens with two attached hydrogens (primary N) is 1. The Morgan fingerprint density at radius 1 is 1.38 bits per heavy atom. The van der Waals surface area contributed by atoms with Gasteiger partial charge in [0.15, 0.2) is 0 Å². The third-order valence-electron chi connectivity index (χ3n) is 3.33. The van der Waals surface area contributed by atoms with Gasteiger partial charge in [-0.25, -0.2) is 14.0 Å². The van der Waals surface area contributed by atoms with E-state index in [-0.39, 0.29) is 17.8 Å². The summed E-state index contributed by atoms with van der Waals surface area (Å²) < 4.78 is 13.0. The summed E-state index contributed by atoms with van der Waals surface area (Å²) in [5.74, 6) is -2.93. The zero-order chi connectivity index (χ0) is 15.6. The second kappa shape index (κ2) is 5.78. The van der Waals surface area contributed by atoms with E-state index in [1.165, 1.54) is 11.0 Å². The molecule has 1 aromatic carbocycles. The first-order valence-corrected chi connectivity index (χ1v) is 6.26. The third kappa shape index (κ3) is 3.28. The Labute approximate surface area is 119 Å². The normalized spacial score (nSPS) is 17.6. The van der Waals surface area contributed by atoms with E-state index in [1.807, 2.05) is 0 Å². The number of carboxylic acids is 1. The minimum atomic E-state index is -1.35. The van der Waals surface area contributed by atoms with E-state index >= 15 is 0 Å². The molecule has 112 valence electrons. The zero-order valence-electron chi connectivity index (χ0n) is 11.0. The Bertz CT molecular complexity index is 605. The topological polar surface area (TPSA) is 113 Å². The van der Waals surface area contributed by atoms with Crippen LogP contribution in [0.5, 0.6) is 0 Å². The van der Waals surface area contributed by atoms with E-state index in [0.717, 1.165) is 12.1 Å². The SMILES string of the molecule is NC(=O)C1CCN(C(=O)Nc2ccc(F)cc2C(=O)O)C1. The van der Waals surface area contributed by atoms with Crippen LogP contribution in [-0.2, 0) is 4.79 Å². The van der Waals surface area contributed by atoms with E-state index in [2.05, 4.69) is 5.32 Å². The zero-order valence-corrected chi connectivity index (χ0v) is 11.0. The monoisotopic (exact) mass is 295 g/mol. The number of amides is 3. The molecule has 0 radical (unpaired) electrons.